The molecular weight excluding hydrogens is 583 g/mol. The summed E-state index contributed by atoms with van der Waals surface area (Å²) in [4.78, 5) is 0. The van der Waals surface area contributed by atoms with Crippen LogP contribution in [0.3, 0.4) is 0 Å². The monoisotopic (exact) mass is 628 g/mol. The standard InChI is InChI=1S/C31H46ClF5OS2/c1-26-14-15-28(39-17-18-40-28)20-22(26)19-21(9-7-5-3-4-6-8-16-32)25-23(26)10-12-27(2)24(25)11-13-29(27,38)30(33,34)31(35,36)37/h20-21,23-25,38H,3-19H2,1-2H3/t21-,23+,24+,25-,26+,27+,29+/m1/s1. The Morgan fingerprint density at radius 2 is 1.50 bits per heavy atom. The molecule has 4 aliphatic carbocycles. The van der Waals surface area contributed by atoms with E-state index in [9.17, 15) is 18.3 Å². The fourth-order valence-corrected chi connectivity index (χ4v) is 13.1. The van der Waals surface area contributed by atoms with Crippen LogP contribution in [0.25, 0.3) is 0 Å². The summed E-state index contributed by atoms with van der Waals surface area (Å²) in [5.74, 6) is -1.80. The molecule has 1 heterocycles. The zero-order valence-corrected chi connectivity index (χ0v) is 26.3. The highest BCUT2D eigenvalue weighted by molar-refractivity contribution is 8.21. The fourth-order valence-electron chi connectivity index (χ4n) is 9.80. The van der Waals surface area contributed by atoms with Crippen LogP contribution in [0.4, 0.5) is 22.0 Å². The number of thioether (sulfide) groups is 2. The van der Waals surface area contributed by atoms with Gasteiger partial charge in [-0.2, -0.15) is 22.0 Å². The molecule has 7 atom stereocenters. The lowest BCUT2D eigenvalue weighted by molar-refractivity contribution is -0.364. The van der Waals surface area contributed by atoms with Gasteiger partial charge in [-0.25, -0.2) is 0 Å². The summed E-state index contributed by atoms with van der Waals surface area (Å²) >= 11 is 9.92. The Balaban J connectivity index is 1.44. The van der Waals surface area contributed by atoms with E-state index in [1.807, 2.05) is 0 Å². The number of rotatable bonds is 9. The first-order valence-electron chi connectivity index (χ1n) is 15.5. The highest BCUT2D eigenvalue weighted by Crippen LogP contribution is 2.73. The van der Waals surface area contributed by atoms with Gasteiger partial charge in [0.15, 0.2) is 0 Å². The predicted octanol–water partition coefficient (Wildman–Crippen LogP) is 10.2. The van der Waals surface area contributed by atoms with E-state index >= 15 is 8.78 Å². The molecular formula is C31H46ClF5OS2. The summed E-state index contributed by atoms with van der Waals surface area (Å²) in [5, 5.41) is 11.3. The highest BCUT2D eigenvalue weighted by atomic mass is 35.5. The normalized spacial score (nSPS) is 41.0. The highest BCUT2D eigenvalue weighted by Gasteiger charge is 2.79. The van der Waals surface area contributed by atoms with Crippen molar-refractivity contribution < 1.29 is 27.1 Å². The van der Waals surface area contributed by atoms with Crippen LogP contribution in [-0.4, -0.2) is 44.3 Å². The Morgan fingerprint density at radius 3 is 2.15 bits per heavy atom. The minimum absolute atomic E-state index is 0.0354. The molecule has 1 saturated heterocycles. The average Bonchev–Trinajstić information content (AvgIpc) is 3.46. The smallest absolute Gasteiger partial charge is 0.383 e. The third kappa shape index (κ3) is 5.01. The Hall–Kier alpha value is 0.340. The van der Waals surface area contributed by atoms with Crippen LogP contribution in [0.15, 0.2) is 11.6 Å². The summed E-state index contributed by atoms with van der Waals surface area (Å²) in [7, 11) is 0. The van der Waals surface area contributed by atoms with Gasteiger partial charge in [-0.3, -0.25) is 0 Å². The van der Waals surface area contributed by atoms with Crippen molar-refractivity contribution in [2.45, 2.75) is 126 Å². The lowest BCUT2D eigenvalue weighted by atomic mass is 9.43. The van der Waals surface area contributed by atoms with E-state index in [0.29, 0.717) is 12.3 Å². The number of hydrogen-bond acceptors (Lipinski definition) is 3. The minimum Gasteiger partial charge on any atom is -0.383 e. The molecule has 0 bridgehead atoms. The summed E-state index contributed by atoms with van der Waals surface area (Å²) in [6.45, 7) is 3.92. The van der Waals surface area contributed by atoms with Gasteiger partial charge in [0, 0.05) is 22.8 Å². The van der Waals surface area contributed by atoms with Crippen molar-refractivity contribution in [1.82, 2.24) is 0 Å². The van der Waals surface area contributed by atoms with E-state index in [1.165, 1.54) is 5.57 Å². The van der Waals surface area contributed by atoms with Gasteiger partial charge < -0.3 is 5.11 Å². The summed E-state index contributed by atoms with van der Waals surface area (Å²) in [5.41, 5.74) is -3.01. The number of hydrogen-bond donors (Lipinski definition) is 1. The molecule has 0 unspecified atom stereocenters. The van der Waals surface area contributed by atoms with E-state index in [2.05, 4.69) is 36.5 Å². The number of alkyl halides is 6. The van der Waals surface area contributed by atoms with Crippen molar-refractivity contribution in [2.75, 3.05) is 17.4 Å². The maximum absolute atomic E-state index is 15.0. The lowest BCUT2D eigenvalue weighted by Crippen LogP contribution is -2.66. The molecule has 4 fully saturated rings. The molecule has 0 aromatic rings. The van der Waals surface area contributed by atoms with E-state index in [-0.39, 0.29) is 46.0 Å². The van der Waals surface area contributed by atoms with Gasteiger partial charge in [0.25, 0.3) is 0 Å². The van der Waals surface area contributed by atoms with Crippen LogP contribution < -0.4 is 0 Å². The Morgan fingerprint density at radius 1 is 0.875 bits per heavy atom. The molecule has 1 aliphatic heterocycles. The topological polar surface area (TPSA) is 20.2 Å². The number of unbranched alkanes of at least 4 members (excludes halogenated alkanes) is 5. The second-order valence-corrected chi connectivity index (χ2v) is 17.4. The van der Waals surface area contributed by atoms with Gasteiger partial charge in [-0.05, 0) is 86.9 Å². The van der Waals surface area contributed by atoms with E-state index in [1.54, 1.807) is 6.92 Å². The first-order valence-corrected chi connectivity index (χ1v) is 18.0. The van der Waals surface area contributed by atoms with E-state index < -0.39 is 29.5 Å². The Bertz CT molecular complexity index is 953. The zero-order valence-electron chi connectivity index (χ0n) is 23.9. The van der Waals surface area contributed by atoms with Crippen molar-refractivity contribution in [3.8, 4) is 0 Å². The van der Waals surface area contributed by atoms with Crippen molar-refractivity contribution in [2.24, 2.45) is 34.5 Å². The second kappa shape index (κ2) is 11.4. The molecule has 3 saturated carbocycles. The summed E-state index contributed by atoms with van der Waals surface area (Å²) in [6.07, 6.45) is 8.10. The van der Waals surface area contributed by atoms with Gasteiger partial charge in [-0.15, -0.1) is 35.1 Å². The number of fused-ring (bicyclic) bond motifs is 5. The number of aliphatic hydroxyl groups is 1. The van der Waals surface area contributed by atoms with E-state index in [4.69, 9.17) is 11.6 Å². The van der Waals surface area contributed by atoms with Gasteiger partial charge >= 0.3 is 12.1 Å². The van der Waals surface area contributed by atoms with Crippen molar-refractivity contribution in [3.63, 3.8) is 0 Å². The van der Waals surface area contributed by atoms with Crippen LogP contribution in [0.2, 0.25) is 0 Å². The van der Waals surface area contributed by atoms with Crippen molar-refractivity contribution >= 4 is 35.1 Å². The number of halogens is 6. The number of allylic oxidation sites excluding steroid dienone is 1. The maximum atomic E-state index is 15.0. The molecule has 0 aromatic carbocycles. The maximum Gasteiger partial charge on any atom is 0.456 e. The lowest BCUT2D eigenvalue weighted by Gasteiger charge is -2.62. The summed E-state index contributed by atoms with van der Waals surface area (Å²) < 4.78 is 71.3. The molecule has 1 spiro atoms. The summed E-state index contributed by atoms with van der Waals surface area (Å²) in [6, 6.07) is 0. The van der Waals surface area contributed by atoms with E-state index in [0.717, 1.165) is 75.7 Å². The quantitative estimate of drug-likeness (QED) is 0.119. The molecule has 5 rings (SSSR count). The minimum atomic E-state index is -5.76. The second-order valence-electron chi connectivity index (χ2n) is 13.9. The molecule has 5 aliphatic rings. The molecule has 40 heavy (non-hydrogen) atoms. The van der Waals surface area contributed by atoms with Gasteiger partial charge in [-0.1, -0.05) is 57.6 Å². The molecule has 1 N–H and O–H groups in total. The first-order chi connectivity index (χ1) is 18.7. The third-order valence-electron chi connectivity index (χ3n) is 12.1. The van der Waals surface area contributed by atoms with Crippen LogP contribution in [0.1, 0.15) is 104 Å². The van der Waals surface area contributed by atoms with Crippen LogP contribution in [0, 0.1) is 34.5 Å². The largest absolute Gasteiger partial charge is 0.456 e. The molecule has 1 nitrogen and oxygen atoms in total. The fraction of sp³-hybridized carbons (Fsp3) is 0.935. The average molecular weight is 629 g/mol. The Labute approximate surface area is 250 Å². The van der Waals surface area contributed by atoms with Gasteiger partial charge in [0.1, 0.15) is 5.60 Å². The molecule has 230 valence electrons. The van der Waals surface area contributed by atoms with Crippen LogP contribution in [0.5, 0.6) is 0 Å². The third-order valence-corrected chi connectivity index (χ3v) is 15.7. The van der Waals surface area contributed by atoms with Crippen LogP contribution >= 0.6 is 35.1 Å². The predicted molar refractivity (Wildman–Crippen MR) is 157 cm³/mol. The van der Waals surface area contributed by atoms with Gasteiger partial charge in [0.05, 0.1) is 4.08 Å². The molecule has 0 amide bonds. The zero-order chi connectivity index (χ0) is 29.0. The first kappa shape index (κ1) is 31.8. The van der Waals surface area contributed by atoms with Crippen LogP contribution in [-0.2, 0) is 0 Å². The molecule has 0 aromatic heterocycles. The molecule has 9 heteroatoms. The Kier molecular flexibility index (Phi) is 9.02. The van der Waals surface area contributed by atoms with Crippen molar-refractivity contribution in [3.05, 3.63) is 11.6 Å². The van der Waals surface area contributed by atoms with Gasteiger partial charge in [0.2, 0.25) is 0 Å². The SMILES string of the molecule is C[C@]12CCC3(C=C1C[C@@H](CCCCCCCCCl)[C@@H]1[C@@H]2CC[C@@]2(C)[C@H]1CC[C@@]2(O)C(F)(F)C(F)(F)F)SCCS3. The van der Waals surface area contributed by atoms with Crippen molar-refractivity contribution in [1.29, 1.82) is 0 Å². The molecule has 0 radical (unpaired) electrons.